The van der Waals surface area contributed by atoms with Gasteiger partial charge < -0.3 is 19.3 Å². The number of methoxy groups -OCH3 is 1. The van der Waals surface area contributed by atoms with Crippen LogP contribution in [0, 0.1) is 10.1 Å². The van der Waals surface area contributed by atoms with Crippen LogP contribution in [0.1, 0.15) is 5.56 Å². The SMILES string of the molecule is COc1cc(Cl)c([N+](=O)[O-])cc1N1CCN(C(=O)OCc2ccccc2)CC1. The zero-order valence-electron chi connectivity index (χ0n) is 15.3. The van der Waals surface area contributed by atoms with E-state index in [0.717, 1.165) is 5.56 Å². The van der Waals surface area contributed by atoms with Crippen LogP contribution < -0.4 is 9.64 Å². The van der Waals surface area contributed by atoms with Crippen LogP contribution in [0.2, 0.25) is 5.02 Å². The smallest absolute Gasteiger partial charge is 0.410 e. The summed E-state index contributed by atoms with van der Waals surface area (Å²) in [5, 5.41) is 11.2. The van der Waals surface area contributed by atoms with Crippen molar-refractivity contribution in [3.8, 4) is 5.75 Å². The number of piperazine rings is 1. The molecule has 1 aliphatic heterocycles. The lowest BCUT2D eigenvalue weighted by Gasteiger charge is -2.36. The normalized spacial score (nSPS) is 13.9. The number of nitrogens with zero attached hydrogens (tertiary/aromatic N) is 3. The van der Waals surface area contributed by atoms with Crippen molar-refractivity contribution in [3.05, 3.63) is 63.2 Å². The highest BCUT2D eigenvalue weighted by atomic mass is 35.5. The number of amides is 1. The second-order valence-electron chi connectivity index (χ2n) is 6.25. The standard InChI is InChI=1S/C19H20ClN3O5/c1-27-18-11-15(20)16(23(25)26)12-17(18)21-7-9-22(10-8-21)19(24)28-13-14-5-3-2-4-6-14/h2-6,11-12H,7-10,13H2,1H3. The third kappa shape index (κ3) is 4.45. The lowest BCUT2D eigenvalue weighted by Crippen LogP contribution is -2.49. The summed E-state index contributed by atoms with van der Waals surface area (Å²) in [5.74, 6) is 0.454. The van der Waals surface area contributed by atoms with Gasteiger partial charge in [-0.25, -0.2) is 4.79 Å². The molecule has 0 N–H and O–H groups in total. The van der Waals surface area contributed by atoms with E-state index >= 15 is 0 Å². The Hall–Kier alpha value is -3.00. The van der Waals surface area contributed by atoms with E-state index < -0.39 is 4.92 Å². The van der Waals surface area contributed by atoms with Gasteiger partial charge in [-0.1, -0.05) is 41.9 Å². The van der Waals surface area contributed by atoms with Crippen molar-refractivity contribution in [2.45, 2.75) is 6.61 Å². The Morgan fingerprint density at radius 2 is 1.86 bits per heavy atom. The molecule has 0 aromatic heterocycles. The highest BCUT2D eigenvalue weighted by Gasteiger charge is 2.26. The Kier molecular flexibility index (Phi) is 6.20. The van der Waals surface area contributed by atoms with Gasteiger partial charge in [0.05, 0.1) is 17.7 Å². The molecule has 0 saturated carbocycles. The summed E-state index contributed by atoms with van der Waals surface area (Å²) < 4.78 is 10.7. The van der Waals surface area contributed by atoms with Gasteiger partial charge in [0, 0.05) is 38.3 Å². The first-order valence-corrected chi connectivity index (χ1v) is 9.10. The highest BCUT2D eigenvalue weighted by molar-refractivity contribution is 6.33. The largest absolute Gasteiger partial charge is 0.495 e. The Labute approximate surface area is 167 Å². The molecule has 0 bridgehead atoms. The molecule has 1 aliphatic rings. The van der Waals surface area contributed by atoms with E-state index in [1.54, 1.807) is 4.90 Å². The van der Waals surface area contributed by atoms with Crippen molar-refractivity contribution < 1.29 is 19.2 Å². The molecule has 1 saturated heterocycles. The lowest BCUT2D eigenvalue weighted by molar-refractivity contribution is -0.384. The summed E-state index contributed by atoms with van der Waals surface area (Å²) >= 11 is 5.95. The van der Waals surface area contributed by atoms with Crippen LogP contribution in [0.4, 0.5) is 16.2 Å². The van der Waals surface area contributed by atoms with Crippen LogP contribution in [-0.2, 0) is 11.3 Å². The topological polar surface area (TPSA) is 85.2 Å². The second-order valence-corrected chi connectivity index (χ2v) is 6.65. The van der Waals surface area contributed by atoms with Crippen molar-refractivity contribution in [2.75, 3.05) is 38.2 Å². The molecule has 2 aromatic carbocycles. The van der Waals surface area contributed by atoms with Crippen LogP contribution in [0.25, 0.3) is 0 Å². The number of carbonyl (C=O) groups is 1. The average Bonchev–Trinajstić information content (AvgIpc) is 2.72. The first kappa shape index (κ1) is 19.8. The minimum atomic E-state index is -0.525. The molecule has 1 heterocycles. The number of anilines is 1. The maximum atomic E-state index is 12.3. The molecule has 0 unspecified atom stereocenters. The number of nitro benzene ring substituents is 1. The maximum Gasteiger partial charge on any atom is 0.410 e. The Bertz CT molecular complexity index is 854. The van der Waals surface area contributed by atoms with Gasteiger partial charge in [0.25, 0.3) is 5.69 Å². The summed E-state index contributed by atoms with van der Waals surface area (Å²) in [5.41, 5.74) is 1.32. The van der Waals surface area contributed by atoms with Crippen LogP contribution in [0.15, 0.2) is 42.5 Å². The summed E-state index contributed by atoms with van der Waals surface area (Å²) in [4.78, 5) is 26.5. The molecule has 2 aromatic rings. The van der Waals surface area contributed by atoms with Gasteiger partial charge in [-0.05, 0) is 5.56 Å². The summed E-state index contributed by atoms with van der Waals surface area (Å²) in [6.45, 7) is 2.09. The van der Waals surface area contributed by atoms with Gasteiger partial charge in [0.15, 0.2) is 0 Å². The quantitative estimate of drug-likeness (QED) is 0.556. The predicted molar refractivity (Wildman–Crippen MR) is 105 cm³/mol. The molecule has 0 spiro atoms. The first-order chi connectivity index (χ1) is 13.5. The number of nitro groups is 1. The number of halogens is 1. The van der Waals surface area contributed by atoms with Crippen molar-refractivity contribution in [1.82, 2.24) is 4.90 Å². The van der Waals surface area contributed by atoms with Gasteiger partial charge in [0.1, 0.15) is 17.4 Å². The molecule has 3 rings (SSSR count). The maximum absolute atomic E-state index is 12.3. The number of carbonyl (C=O) groups excluding carboxylic acids is 1. The van der Waals surface area contributed by atoms with E-state index in [4.69, 9.17) is 21.1 Å². The van der Waals surface area contributed by atoms with Crippen LogP contribution >= 0.6 is 11.6 Å². The molecule has 1 amide bonds. The minimum absolute atomic E-state index is 0.0220. The number of rotatable bonds is 5. The fourth-order valence-electron chi connectivity index (χ4n) is 3.02. The van der Waals surface area contributed by atoms with E-state index in [1.807, 2.05) is 35.2 Å². The Morgan fingerprint density at radius 1 is 1.18 bits per heavy atom. The number of hydrogen-bond donors (Lipinski definition) is 0. The molecular weight excluding hydrogens is 386 g/mol. The van der Waals surface area contributed by atoms with Crippen LogP contribution in [0.5, 0.6) is 5.75 Å². The van der Waals surface area contributed by atoms with Crippen molar-refractivity contribution in [3.63, 3.8) is 0 Å². The highest BCUT2D eigenvalue weighted by Crippen LogP contribution is 2.38. The Morgan fingerprint density at radius 3 is 2.46 bits per heavy atom. The monoisotopic (exact) mass is 405 g/mol. The van der Waals surface area contributed by atoms with Gasteiger partial charge in [-0.15, -0.1) is 0 Å². The third-order valence-corrected chi connectivity index (χ3v) is 4.83. The van der Waals surface area contributed by atoms with Gasteiger partial charge in [0.2, 0.25) is 0 Å². The molecule has 0 aliphatic carbocycles. The predicted octanol–water partition coefficient (Wildman–Crippen LogP) is 3.72. The van der Waals surface area contributed by atoms with Crippen LogP contribution in [-0.4, -0.2) is 49.2 Å². The van der Waals surface area contributed by atoms with E-state index in [0.29, 0.717) is 37.6 Å². The van der Waals surface area contributed by atoms with E-state index in [1.165, 1.54) is 19.2 Å². The summed E-state index contributed by atoms with van der Waals surface area (Å²) in [7, 11) is 1.48. The average molecular weight is 406 g/mol. The number of ether oxygens (including phenoxy) is 2. The zero-order valence-corrected chi connectivity index (χ0v) is 16.1. The summed E-state index contributed by atoms with van der Waals surface area (Å²) in [6, 6.07) is 12.3. The lowest BCUT2D eigenvalue weighted by atomic mass is 10.2. The summed E-state index contributed by atoms with van der Waals surface area (Å²) in [6.07, 6.45) is -0.377. The third-order valence-electron chi connectivity index (χ3n) is 4.53. The van der Waals surface area contributed by atoms with E-state index in [9.17, 15) is 14.9 Å². The molecule has 148 valence electrons. The van der Waals surface area contributed by atoms with Gasteiger partial charge in [-0.2, -0.15) is 0 Å². The molecule has 9 heteroatoms. The number of benzene rings is 2. The fraction of sp³-hybridized carbons (Fsp3) is 0.316. The minimum Gasteiger partial charge on any atom is -0.495 e. The van der Waals surface area contributed by atoms with Crippen molar-refractivity contribution in [2.24, 2.45) is 0 Å². The van der Waals surface area contributed by atoms with E-state index in [2.05, 4.69) is 0 Å². The molecular formula is C19H20ClN3O5. The first-order valence-electron chi connectivity index (χ1n) is 8.72. The molecule has 0 radical (unpaired) electrons. The zero-order chi connectivity index (χ0) is 20.1. The van der Waals surface area contributed by atoms with Crippen molar-refractivity contribution in [1.29, 1.82) is 0 Å². The van der Waals surface area contributed by atoms with Gasteiger partial charge >= 0.3 is 6.09 Å². The van der Waals surface area contributed by atoms with Gasteiger partial charge in [-0.3, -0.25) is 10.1 Å². The Balaban J connectivity index is 1.62. The second kappa shape index (κ2) is 8.79. The van der Waals surface area contributed by atoms with E-state index in [-0.39, 0.29) is 23.4 Å². The molecule has 8 nitrogen and oxygen atoms in total. The van der Waals surface area contributed by atoms with Crippen LogP contribution in [0.3, 0.4) is 0 Å². The molecule has 28 heavy (non-hydrogen) atoms. The van der Waals surface area contributed by atoms with Crippen molar-refractivity contribution >= 4 is 29.1 Å². The molecule has 1 fully saturated rings. The fourth-order valence-corrected chi connectivity index (χ4v) is 3.25. The number of hydrogen-bond acceptors (Lipinski definition) is 6. The molecule has 0 atom stereocenters.